The van der Waals surface area contributed by atoms with Gasteiger partial charge in [0.2, 0.25) is 0 Å². The van der Waals surface area contributed by atoms with E-state index >= 15 is 0 Å². The second-order valence-corrected chi connectivity index (χ2v) is 4.01. The molecule has 0 aliphatic heterocycles. The zero-order valence-electron chi connectivity index (χ0n) is 10.4. The van der Waals surface area contributed by atoms with Gasteiger partial charge in [-0.25, -0.2) is 0 Å². The van der Waals surface area contributed by atoms with Gasteiger partial charge < -0.3 is 10.0 Å². The Kier molecular flexibility index (Phi) is 4.50. The highest BCUT2D eigenvalue weighted by Crippen LogP contribution is 2.14. The number of rotatable bonds is 4. The van der Waals surface area contributed by atoms with Crippen LogP contribution in [0.15, 0.2) is 18.2 Å². The summed E-state index contributed by atoms with van der Waals surface area (Å²) in [7, 11) is 0. The average molecular weight is 245 g/mol. The maximum Gasteiger partial charge on any atom is 0.323 e. The minimum absolute atomic E-state index is 0.0154. The van der Waals surface area contributed by atoms with E-state index in [0.29, 0.717) is 5.56 Å². The minimum Gasteiger partial charge on any atom is -0.480 e. The topological polar surface area (TPSA) is 57.6 Å². The molecule has 0 spiro atoms. The van der Waals surface area contributed by atoms with E-state index < -0.39 is 12.5 Å². The number of carboxylic acid groups (broad SMARTS) is 1. The molecule has 1 amide bonds. The van der Waals surface area contributed by atoms with Crippen LogP contribution >= 0.6 is 0 Å². The SMILES string of the molecule is C#CCN(CC(=O)O)C(=O)c1cccc(C)c1C. The number of amides is 1. The number of benzene rings is 1. The average Bonchev–Trinajstić information content (AvgIpc) is 2.31. The summed E-state index contributed by atoms with van der Waals surface area (Å²) >= 11 is 0. The molecule has 4 nitrogen and oxygen atoms in total. The van der Waals surface area contributed by atoms with Gasteiger partial charge in [-0.05, 0) is 31.0 Å². The number of nitrogens with zero attached hydrogens (tertiary/aromatic N) is 1. The monoisotopic (exact) mass is 245 g/mol. The smallest absolute Gasteiger partial charge is 0.323 e. The highest BCUT2D eigenvalue weighted by molar-refractivity contribution is 5.97. The molecule has 0 fully saturated rings. The summed E-state index contributed by atoms with van der Waals surface area (Å²) in [6, 6.07) is 5.34. The van der Waals surface area contributed by atoms with Crippen molar-refractivity contribution in [1.29, 1.82) is 0 Å². The molecular weight excluding hydrogens is 230 g/mol. The quantitative estimate of drug-likeness (QED) is 0.817. The van der Waals surface area contributed by atoms with Crippen molar-refractivity contribution in [2.75, 3.05) is 13.1 Å². The number of carbonyl (C=O) groups is 2. The molecule has 4 heteroatoms. The zero-order valence-corrected chi connectivity index (χ0v) is 10.4. The van der Waals surface area contributed by atoms with Gasteiger partial charge in [0.15, 0.2) is 0 Å². The number of terminal acetylenes is 1. The molecule has 0 saturated carbocycles. The van der Waals surface area contributed by atoms with Crippen molar-refractivity contribution in [2.24, 2.45) is 0 Å². The van der Waals surface area contributed by atoms with E-state index in [1.807, 2.05) is 19.9 Å². The summed E-state index contributed by atoms with van der Waals surface area (Å²) in [6.45, 7) is 3.32. The highest BCUT2D eigenvalue weighted by atomic mass is 16.4. The molecular formula is C14H15NO3. The second-order valence-electron chi connectivity index (χ2n) is 4.01. The van der Waals surface area contributed by atoms with Crippen molar-refractivity contribution in [3.05, 3.63) is 34.9 Å². The molecule has 0 radical (unpaired) electrons. The molecule has 0 aliphatic rings. The number of aliphatic carboxylic acids is 1. The van der Waals surface area contributed by atoms with Crippen LogP contribution in [0, 0.1) is 26.2 Å². The zero-order chi connectivity index (χ0) is 13.7. The van der Waals surface area contributed by atoms with Crippen LogP contribution in [0.3, 0.4) is 0 Å². The molecule has 0 bridgehead atoms. The number of carboxylic acids is 1. The molecule has 94 valence electrons. The van der Waals surface area contributed by atoms with E-state index in [0.717, 1.165) is 16.0 Å². The van der Waals surface area contributed by atoms with Gasteiger partial charge in [0, 0.05) is 5.56 Å². The Bertz CT molecular complexity index is 514. The van der Waals surface area contributed by atoms with Crippen molar-refractivity contribution < 1.29 is 14.7 Å². The fraction of sp³-hybridized carbons (Fsp3) is 0.286. The summed E-state index contributed by atoms with van der Waals surface area (Å²) in [5.41, 5.74) is 2.32. The molecule has 0 atom stereocenters. The molecule has 1 rings (SSSR count). The van der Waals surface area contributed by atoms with Gasteiger partial charge in [-0.2, -0.15) is 0 Å². The maximum absolute atomic E-state index is 12.2. The van der Waals surface area contributed by atoms with E-state index in [4.69, 9.17) is 11.5 Å². The lowest BCUT2D eigenvalue weighted by molar-refractivity contribution is -0.137. The number of carbonyl (C=O) groups excluding carboxylic acids is 1. The first kappa shape index (κ1) is 13.8. The van der Waals surface area contributed by atoms with Gasteiger partial charge in [0.1, 0.15) is 6.54 Å². The first-order valence-corrected chi connectivity index (χ1v) is 5.48. The lowest BCUT2D eigenvalue weighted by Gasteiger charge is -2.19. The molecule has 1 aromatic carbocycles. The van der Waals surface area contributed by atoms with Crippen molar-refractivity contribution in [2.45, 2.75) is 13.8 Å². The predicted molar refractivity (Wildman–Crippen MR) is 68.3 cm³/mol. The van der Waals surface area contributed by atoms with Gasteiger partial charge in [0.25, 0.3) is 5.91 Å². The van der Waals surface area contributed by atoms with E-state index in [-0.39, 0.29) is 12.5 Å². The third-order valence-electron chi connectivity index (χ3n) is 2.73. The van der Waals surface area contributed by atoms with E-state index in [9.17, 15) is 9.59 Å². The molecule has 1 aromatic rings. The second kappa shape index (κ2) is 5.87. The van der Waals surface area contributed by atoms with Crippen LogP contribution in [0.2, 0.25) is 0 Å². The molecule has 0 unspecified atom stereocenters. The standard InChI is InChI=1S/C14H15NO3/c1-4-8-15(9-13(16)17)14(18)12-7-5-6-10(2)11(12)3/h1,5-7H,8-9H2,2-3H3,(H,16,17). The summed E-state index contributed by atoms with van der Waals surface area (Å²) in [5, 5.41) is 8.77. The third-order valence-corrected chi connectivity index (χ3v) is 2.73. The molecule has 0 aliphatic carbocycles. The van der Waals surface area contributed by atoms with Gasteiger partial charge in [0.05, 0.1) is 6.54 Å². The third kappa shape index (κ3) is 3.11. The lowest BCUT2D eigenvalue weighted by Crippen LogP contribution is -2.36. The van der Waals surface area contributed by atoms with Crippen LogP contribution in [-0.4, -0.2) is 35.0 Å². The number of hydrogen-bond acceptors (Lipinski definition) is 2. The molecule has 18 heavy (non-hydrogen) atoms. The fourth-order valence-electron chi connectivity index (χ4n) is 1.63. The predicted octanol–water partition coefficient (Wildman–Crippen LogP) is 1.46. The van der Waals surface area contributed by atoms with Crippen LogP contribution in [0.1, 0.15) is 21.5 Å². The summed E-state index contributed by atoms with van der Waals surface area (Å²) < 4.78 is 0. The van der Waals surface area contributed by atoms with E-state index in [1.54, 1.807) is 12.1 Å². The highest BCUT2D eigenvalue weighted by Gasteiger charge is 2.19. The minimum atomic E-state index is -1.08. The van der Waals surface area contributed by atoms with Crippen molar-refractivity contribution in [3.8, 4) is 12.3 Å². The maximum atomic E-state index is 12.2. The Balaban J connectivity index is 3.06. The number of hydrogen-bond donors (Lipinski definition) is 1. The van der Waals surface area contributed by atoms with Crippen LogP contribution in [0.5, 0.6) is 0 Å². The van der Waals surface area contributed by atoms with Crippen LogP contribution in [-0.2, 0) is 4.79 Å². The van der Waals surface area contributed by atoms with Crippen LogP contribution < -0.4 is 0 Å². The fourth-order valence-corrected chi connectivity index (χ4v) is 1.63. The van der Waals surface area contributed by atoms with Crippen molar-refractivity contribution in [3.63, 3.8) is 0 Å². The van der Waals surface area contributed by atoms with E-state index in [1.165, 1.54) is 0 Å². The molecule has 0 aromatic heterocycles. The van der Waals surface area contributed by atoms with Gasteiger partial charge in [-0.3, -0.25) is 9.59 Å². The summed E-state index contributed by atoms with van der Waals surface area (Å²) in [6.07, 6.45) is 5.15. The van der Waals surface area contributed by atoms with Gasteiger partial charge in [-0.15, -0.1) is 6.42 Å². The number of aryl methyl sites for hydroxylation is 1. The summed E-state index contributed by atoms with van der Waals surface area (Å²) in [4.78, 5) is 24.1. The largest absolute Gasteiger partial charge is 0.480 e. The molecule has 1 N–H and O–H groups in total. The van der Waals surface area contributed by atoms with Crippen molar-refractivity contribution >= 4 is 11.9 Å². The Labute approximate surface area is 106 Å². The first-order valence-electron chi connectivity index (χ1n) is 5.48. The summed E-state index contributed by atoms with van der Waals surface area (Å²) in [5.74, 6) is 0.870. The van der Waals surface area contributed by atoms with Crippen LogP contribution in [0.4, 0.5) is 0 Å². The van der Waals surface area contributed by atoms with E-state index in [2.05, 4.69) is 5.92 Å². The first-order chi connectivity index (χ1) is 8.47. The Morgan fingerprint density at radius 3 is 2.61 bits per heavy atom. The van der Waals surface area contributed by atoms with Crippen molar-refractivity contribution in [1.82, 2.24) is 4.90 Å². The van der Waals surface area contributed by atoms with Crippen LogP contribution in [0.25, 0.3) is 0 Å². The van der Waals surface area contributed by atoms with Gasteiger partial charge >= 0.3 is 5.97 Å². The molecule has 0 heterocycles. The Morgan fingerprint density at radius 1 is 1.39 bits per heavy atom. The molecule has 0 saturated heterocycles. The Hall–Kier alpha value is -2.28. The Morgan fingerprint density at radius 2 is 2.06 bits per heavy atom. The lowest BCUT2D eigenvalue weighted by atomic mass is 10.0. The normalized spacial score (nSPS) is 9.61. The van der Waals surface area contributed by atoms with Gasteiger partial charge in [-0.1, -0.05) is 18.1 Å².